The van der Waals surface area contributed by atoms with Gasteiger partial charge in [0.25, 0.3) is 0 Å². The first-order valence-electron chi connectivity index (χ1n) is 6.64. The molecule has 112 valence electrons. The summed E-state index contributed by atoms with van der Waals surface area (Å²) >= 11 is 0. The zero-order valence-electron chi connectivity index (χ0n) is 13.0. The predicted molar refractivity (Wildman–Crippen MR) is 82.3 cm³/mol. The van der Waals surface area contributed by atoms with Gasteiger partial charge in [0.05, 0.1) is 12.7 Å². The standard InChI is InChI=1S/C15H25N3O2/c1-15(2,20-5)11-18-14(16-3)17-10-12-8-6-7-9-13(12)19-4/h6-9H,10-11H2,1-5H3,(H2,16,17,18). The Labute approximate surface area is 121 Å². The lowest BCUT2D eigenvalue weighted by molar-refractivity contribution is 0.0268. The van der Waals surface area contributed by atoms with Gasteiger partial charge in [0, 0.05) is 32.8 Å². The number of para-hydroxylation sites is 1. The van der Waals surface area contributed by atoms with Crippen molar-refractivity contribution in [3.8, 4) is 5.75 Å². The molecule has 0 unspecified atom stereocenters. The van der Waals surface area contributed by atoms with Crippen molar-refractivity contribution in [1.82, 2.24) is 10.6 Å². The van der Waals surface area contributed by atoms with Gasteiger partial charge in [-0.05, 0) is 19.9 Å². The molecule has 0 spiro atoms. The van der Waals surface area contributed by atoms with E-state index in [0.717, 1.165) is 17.3 Å². The van der Waals surface area contributed by atoms with Crippen LogP contribution in [0.5, 0.6) is 5.75 Å². The second kappa shape index (κ2) is 7.75. The normalized spacial score (nSPS) is 12.2. The third-order valence-electron chi connectivity index (χ3n) is 3.10. The maximum Gasteiger partial charge on any atom is 0.191 e. The molecule has 1 aromatic rings. The van der Waals surface area contributed by atoms with Crippen LogP contribution in [0.1, 0.15) is 19.4 Å². The molecule has 0 saturated heterocycles. The molecule has 0 radical (unpaired) electrons. The monoisotopic (exact) mass is 279 g/mol. The number of nitrogens with zero attached hydrogens (tertiary/aromatic N) is 1. The van der Waals surface area contributed by atoms with Crippen LogP contribution in [-0.2, 0) is 11.3 Å². The summed E-state index contributed by atoms with van der Waals surface area (Å²) in [7, 11) is 5.12. The SMILES string of the molecule is CN=C(NCc1ccccc1OC)NCC(C)(C)OC. The number of aliphatic imine (C=N–C) groups is 1. The van der Waals surface area contributed by atoms with Crippen molar-refractivity contribution in [3.05, 3.63) is 29.8 Å². The summed E-state index contributed by atoms with van der Waals surface area (Å²) in [6, 6.07) is 7.92. The zero-order chi connectivity index (χ0) is 15.0. The van der Waals surface area contributed by atoms with E-state index in [2.05, 4.69) is 15.6 Å². The van der Waals surface area contributed by atoms with Gasteiger partial charge in [-0.1, -0.05) is 18.2 Å². The van der Waals surface area contributed by atoms with Crippen LogP contribution in [0.2, 0.25) is 0 Å². The van der Waals surface area contributed by atoms with Gasteiger partial charge >= 0.3 is 0 Å². The molecule has 5 nitrogen and oxygen atoms in total. The molecule has 2 N–H and O–H groups in total. The van der Waals surface area contributed by atoms with E-state index in [-0.39, 0.29) is 5.60 Å². The minimum atomic E-state index is -0.234. The van der Waals surface area contributed by atoms with E-state index in [1.165, 1.54) is 0 Å². The minimum Gasteiger partial charge on any atom is -0.496 e. The lowest BCUT2D eigenvalue weighted by Crippen LogP contribution is -2.45. The van der Waals surface area contributed by atoms with Gasteiger partial charge in [-0.15, -0.1) is 0 Å². The summed E-state index contributed by atoms with van der Waals surface area (Å²) in [6.07, 6.45) is 0. The number of benzene rings is 1. The predicted octanol–water partition coefficient (Wildman–Crippen LogP) is 1.79. The second-order valence-corrected chi connectivity index (χ2v) is 5.05. The van der Waals surface area contributed by atoms with Crippen molar-refractivity contribution in [2.75, 3.05) is 27.8 Å². The minimum absolute atomic E-state index is 0.234. The Balaban J connectivity index is 2.54. The van der Waals surface area contributed by atoms with Crippen LogP contribution >= 0.6 is 0 Å². The van der Waals surface area contributed by atoms with Crippen molar-refractivity contribution >= 4 is 5.96 Å². The molecular weight excluding hydrogens is 254 g/mol. The van der Waals surface area contributed by atoms with Crippen LogP contribution in [0.3, 0.4) is 0 Å². The van der Waals surface area contributed by atoms with Gasteiger partial charge in [0.2, 0.25) is 0 Å². The molecule has 0 aromatic heterocycles. The molecule has 0 atom stereocenters. The van der Waals surface area contributed by atoms with Gasteiger partial charge < -0.3 is 20.1 Å². The average Bonchev–Trinajstić information content (AvgIpc) is 2.47. The zero-order valence-corrected chi connectivity index (χ0v) is 13.0. The van der Waals surface area contributed by atoms with E-state index in [1.54, 1.807) is 21.3 Å². The van der Waals surface area contributed by atoms with Crippen LogP contribution in [-0.4, -0.2) is 39.4 Å². The van der Waals surface area contributed by atoms with Crippen molar-refractivity contribution in [2.45, 2.75) is 26.0 Å². The molecule has 0 aliphatic rings. The smallest absolute Gasteiger partial charge is 0.191 e. The fraction of sp³-hybridized carbons (Fsp3) is 0.533. The van der Waals surface area contributed by atoms with Crippen LogP contribution in [0.4, 0.5) is 0 Å². The number of rotatable bonds is 6. The van der Waals surface area contributed by atoms with Crippen molar-refractivity contribution in [3.63, 3.8) is 0 Å². The van der Waals surface area contributed by atoms with E-state index in [4.69, 9.17) is 9.47 Å². The Kier molecular flexibility index (Phi) is 6.31. The highest BCUT2D eigenvalue weighted by molar-refractivity contribution is 5.79. The highest BCUT2D eigenvalue weighted by Gasteiger charge is 2.16. The van der Waals surface area contributed by atoms with Crippen molar-refractivity contribution < 1.29 is 9.47 Å². The Morgan fingerprint density at radius 3 is 2.50 bits per heavy atom. The average molecular weight is 279 g/mol. The molecule has 5 heteroatoms. The first kappa shape index (κ1) is 16.3. The first-order chi connectivity index (χ1) is 9.52. The largest absolute Gasteiger partial charge is 0.496 e. The second-order valence-electron chi connectivity index (χ2n) is 5.05. The molecule has 0 fully saturated rings. The highest BCUT2D eigenvalue weighted by Crippen LogP contribution is 2.16. The third-order valence-corrected chi connectivity index (χ3v) is 3.10. The Morgan fingerprint density at radius 1 is 1.20 bits per heavy atom. The molecular formula is C15H25N3O2. The van der Waals surface area contributed by atoms with Gasteiger partial charge in [-0.3, -0.25) is 4.99 Å². The number of hydrogen-bond donors (Lipinski definition) is 2. The number of ether oxygens (including phenoxy) is 2. The molecule has 0 aliphatic carbocycles. The Hall–Kier alpha value is -1.75. The number of methoxy groups -OCH3 is 2. The summed E-state index contributed by atoms with van der Waals surface area (Å²) in [5.41, 5.74) is 0.853. The summed E-state index contributed by atoms with van der Waals surface area (Å²) in [4.78, 5) is 4.19. The van der Waals surface area contributed by atoms with Gasteiger partial charge in [0.1, 0.15) is 5.75 Å². The fourth-order valence-corrected chi connectivity index (χ4v) is 1.62. The topological polar surface area (TPSA) is 54.9 Å². The first-order valence-corrected chi connectivity index (χ1v) is 6.64. The molecule has 0 amide bonds. The van der Waals surface area contributed by atoms with E-state index in [1.807, 2.05) is 38.1 Å². The fourth-order valence-electron chi connectivity index (χ4n) is 1.62. The molecule has 1 aromatic carbocycles. The summed E-state index contributed by atoms with van der Waals surface area (Å²) in [5, 5.41) is 6.50. The lowest BCUT2D eigenvalue weighted by atomic mass is 10.1. The third kappa shape index (κ3) is 5.09. The van der Waals surface area contributed by atoms with Crippen LogP contribution in [0.25, 0.3) is 0 Å². The Morgan fingerprint density at radius 2 is 1.90 bits per heavy atom. The molecule has 0 aliphatic heterocycles. The summed E-state index contributed by atoms with van der Waals surface area (Å²) in [6.45, 7) is 5.37. The molecule has 20 heavy (non-hydrogen) atoms. The number of guanidine groups is 1. The number of hydrogen-bond acceptors (Lipinski definition) is 3. The quantitative estimate of drug-likeness (QED) is 0.616. The molecule has 1 rings (SSSR count). The molecule has 0 heterocycles. The van der Waals surface area contributed by atoms with Crippen LogP contribution in [0, 0.1) is 0 Å². The molecule has 0 saturated carbocycles. The van der Waals surface area contributed by atoms with Gasteiger partial charge in [-0.25, -0.2) is 0 Å². The van der Waals surface area contributed by atoms with Crippen molar-refractivity contribution in [2.24, 2.45) is 4.99 Å². The van der Waals surface area contributed by atoms with Gasteiger partial charge in [-0.2, -0.15) is 0 Å². The van der Waals surface area contributed by atoms with Crippen LogP contribution in [0.15, 0.2) is 29.3 Å². The van der Waals surface area contributed by atoms with E-state index >= 15 is 0 Å². The lowest BCUT2D eigenvalue weighted by Gasteiger charge is -2.24. The van der Waals surface area contributed by atoms with Gasteiger partial charge in [0.15, 0.2) is 5.96 Å². The molecule has 0 bridgehead atoms. The van der Waals surface area contributed by atoms with Crippen molar-refractivity contribution in [1.29, 1.82) is 0 Å². The Bertz CT molecular complexity index is 444. The maximum absolute atomic E-state index is 5.37. The number of nitrogens with one attached hydrogen (secondary N) is 2. The van der Waals surface area contributed by atoms with Crippen LogP contribution < -0.4 is 15.4 Å². The van der Waals surface area contributed by atoms with E-state index in [9.17, 15) is 0 Å². The van der Waals surface area contributed by atoms with E-state index in [0.29, 0.717) is 13.1 Å². The maximum atomic E-state index is 5.37. The summed E-state index contributed by atoms with van der Waals surface area (Å²) < 4.78 is 10.7. The summed E-state index contributed by atoms with van der Waals surface area (Å²) in [5.74, 6) is 1.61. The van der Waals surface area contributed by atoms with E-state index < -0.39 is 0 Å². The highest BCUT2D eigenvalue weighted by atomic mass is 16.5.